The second kappa shape index (κ2) is 9.17. The lowest BCUT2D eigenvalue weighted by atomic mass is 9.93. The maximum absolute atomic E-state index is 12.4. The number of ketones is 1. The zero-order valence-electron chi connectivity index (χ0n) is 16.8. The monoisotopic (exact) mass is 383 g/mol. The highest BCUT2D eigenvalue weighted by molar-refractivity contribution is 6.00. The third-order valence-corrected chi connectivity index (χ3v) is 4.89. The van der Waals surface area contributed by atoms with Crippen molar-refractivity contribution in [2.45, 2.75) is 27.7 Å². The number of ether oxygens (including phenoxy) is 2. The lowest BCUT2D eigenvalue weighted by Gasteiger charge is -2.14. The highest BCUT2D eigenvalue weighted by atomic mass is 16.5. The molecule has 2 aromatic rings. The summed E-state index contributed by atoms with van der Waals surface area (Å²) in [6.45, 7) is 7.09. The third-order valence-electron chi connectivity index (χ3n) is 4.89. The molecule has 2 rings (SSSR count). The van der Waals surface area contributed by atoms with Crippen molar-refractivity contribution in [1.82, 2.24) is 5.32 Å². The van der Waals surface area contributed by atoms with Crippen molar-refractivity contribution in [3.05, 3.63) is 63.7 Å². The van der Waals surface area contributed by atoms with E-state index < -0.39 is 11.9 Å². The van der Waals surface area contributed by atoms with E-state index in [0.29, 0.717) is 16.9 Å². The second-order valence-corrected chi connectivity index (χ2v) is 6.58. The Hall–Kier alpha value is -3.15. The van der Waals surface area contributed by atoms with Crippen LogP contribution in [-0.4, -0.2) is 37.9 Å². The summed E-state index contributed by atoms with van der Waals surface area (Å²) in [4.78, 5) is 36.5. The van der Waals surface area contributed by atoms with Crippen LogP contribution < -0.4 is 10.1 Å². The maximum atomic E-state index is 12.4. The Morgan fingerprint density at radius 2 is 1.61 bits per heavy atom. The van der Waals surface area contributed by atoms with E-state index >= 15 is 0 Å². The number of rotatable bonds is 7. The lowest BCUT2D eigenvalue weighted by molar-refractivity contribution is -0.141. The molecule has 0 saturated carbocycles. The topological polar surface area (TPSA) is 81.7 Å². The fraction of sp³-hybridized carbons (Fsp3) is 0.318. The van der Waals surface area contributed by atoms with Gasteiger partial charge < -0.3 is 14.8 Å². The summed E-state index contributed by atoms with van der Waals surface area (Å²) >= 11 is 0. The molecule has 0 aromatic heterocycles. The van der Waals surface area contributed by atoms with Gasteiger partial charge in [-0.25, -0.2) is 0 Å². The van der Waals surface area contributed by atoms with Crippen molar-refractivity contribution < 1.29 is 23.9 Å². The molecule has 6 heteroatoms. The Morgan fingerprint density at radius 1 is 0.929 bits per heavy atom. The zero-order valence-corrected chi connectivity index (χ0v) is 16.8. The van der Waals surface area contributed by atoms with E-state index in [9.17, 15) is 14.4 Å². The summed E-state index contributed by atoms with van der Waals surface area (Å²) in [5.41, 5.74) is 4.96. The Bertz CT molecular complexity index is 917. The van der Waals surface area contributed by atoms with Crippen LogP contribution in [0.4, 0.5) is 0 Å². The summed E-state index contributed by atoms with van der Waals surface area (Å²) in [5, 5.41) is 2.47. The molecule has 0 heterocycles. The van der Waals surface area contributed by atoms with E-state index in [2.05, 4.69) is 5.32 Å². The maximum Gasteiger partial charge on any atom is 0.325 e. The van der Waals surface area contributed by atoms with Crippen LogP contribution in [0.15, 0.2) is 30.3 Å². The van der Waals surface area contributed by atoms with E-state index in [4.69, 9.17) is 9.47 Å². The second-order valence-electron chi connectivity index (χ2n) is 6.58. The minimum Gasteiger partial charge on any atom is -0.496 e. The zero-order chi connectivity index (χ0) is 20.8. The van der Waals surface area contributed by atoms with Crippen molar-refractivity contribution in [3.63, 3.8) is 0 Å². The number of hydrogen-bond donors (Lipinski definition) is 1. The van der Waals surface area contributed by atoms with Crippen molar-refractivity contribution in [2.75, 3.05) is 20.3 Å². The van der Waals surface area contributed by atoms with Crippen LogP contribution in [0.3, 0.4) is 0 Å². The van der Waals surface area contributed by atoms with Crippen molar-refractivity contribution in [3.8, 4) is 5.75 Å². The number of benzene rings is 2. The van der Waals surface area contributed by atoms with Gasteiger partial charge in [-0.2, -0.15) is 0 Å². The molecule has 2 aromatic carbocycles. The molecule has 0 unspecified atom stereocenters. The number of methoxy groups -OCH3 is 1. The number of carbonyl (C=O) groups excluding carboxylic acids is 3. The van der Waals surface area contributed by atoms with Crippen LogP contribution in [0, 0.1) is 27.7 Å². The average Bonchev–Trinajstić information content (AvgIpc) is 2.71. The first kappa shape index (κ1) is 21.2. The fourth-order valence-corrected chi connectivity index (χ4v) is 2.86. The smallest absolute Gasteiger partial charge is 0.325 e. The molecule has 148 valence electrons. The van der Waals surface area contributed by atoms with Crippen molar-refractivity contribution in [2.24, 2.45) is 0 Å². The van der Waals surface area contributed by atoms with Gasteiger partial charge in [-0.3, -0.25) is 14.4 Å². The molecule has 0 fully saturated rings. The van der Waals surface area contributed by atoms with Gasteiger partial charge in [0.2, 0.25) is 5.78 Å². The molecule has 0 spiro atoms. The highest BCUT2D eigenvalue weighted by Gasteiger charge is 2.17. The van der Waals surface area contributed by atoms with Crippen LogP contribution in [0.1, 0.15) is 43.0 Å². The number of amides is 1. The van der Waals surface area contributed by atoms with E-state index in [1.807, 2.05) is 33.8 Å². The molecular weight excluding hydrogens is 358 g/mol. The number of Topliss-reactive ketones (excluding diaryl/α,β-unsaturated/α-hetero) is 1. The molecule has 0 aliphatic heterocycles. The number of nitrogens with one attached hydrogen (secondary N) is 1. The van der Waals surface area contributed by atoms with Gasteiger partial charge in [-0.05, 0) is 68.1 Å². The van der Waals surface area contributed by atoms with Crippen molar-refractivity contribution in [1.29, 1.82) is 0 Å². The molecule has 0 aliphatic carbocycles. The van der Waals surface area contributed by atoms with Gasteiger partial charge in [-0.1, -0.05) is 12.1 Å². The van der Waals surface area contributed by atoms with Gasteiger partial charge in [-0.15, -0.1) is 0 Å². The van der Waals surface area contributed by atoms with Crippen LogP contribution in [0.25, 0.3) is 0 Å². The fourth-order valence-electron chi connectivity index (χ4n) is 2.86. The summed E-state index contributed by atoms with van der Waals surface area (Å²) in [5.74, 6) is -1.01. The number of carbonyl (C=O) groups is 3. The molecule has 0 bridgehead atoms. The average molecular weight is 383 g/mol. The van der Waals surface area contributed by atoms with Gasteiger partial charge >= 0.3 is 5.97 Å². The summed E-state index contributed by atoms with van der Waals surface area (Å²) in [6.07, 6.45) is 0. The molecule has 28 heavy (non-hydrogen) atoms. The molecule has 0 radical (unpaired) electrons. The first-order valence-electron chi connectivity index (χ1n) is 8.93. The molecule has 1 N–H and O–H groups in total. The quantitative estimate of drug-likeness (QED) is 0.587. The minimum atomic E-state index is -0.685. The standard InChI is InChI=1S/C22H25NO5/c1-13-10-18(16(4)15(3)14(13)2)19(24)12-28-21(25)11-23-22(26)17-8-6-7-9-20(17)27-5/h6-10H,11-12H2,1-5H3,(H,23,26). The van der Waals surface area contributed by atoms with Gasteiger partial charge in [0.05, 0.1) is 12.7 Å². The molecule has 6 nitrogen and oxygen atoms in total. The van der Waals surface area contributed by atoms with Crippen LogP contribution in [0.5, 0.6) is 5.75 Å². The van der Waals surface area contributed by atoms with Gasteiger partial charge in [0.1, 0.15) is 12.3 Å². The molecule has 0 saturated heterocycles. The number of aryl methyl sites for hydroxylation is 1. The van der Waals surface area contributed by atoms with Crippen LogP contribution >= 0.6 is 0 Å². The van der Waals surface area contributed by atoms with Crippen LogP contribution in [0.2, 0.25) is 0 Å². The number of hydrogen-bond acceptors (Lipinski definition) is 5. The number of para-hydroxylation sites is 1. The van der Waals surface area contributed by atoms with E-state index in [-0.39, 0.29) is 18.9 Å². The molecule has 0 aliphatic rings. The van der Waals surface area contributed by atoms with Gasteiger partial charge in [0, 0.05) is 5.56 Å². The normalized spacial score (nSPS) is 10.3. The predicted octanol–water partition coefficient (Wildman–Crippen LogP) is 3.08. The first-order chi connectivity index (χ1) is 13.3. The van der Waals surface area contributed by atoms with E-state index in [0.717, 1.165) is 22.3 Å². The Kier molecular flexibility index (Phi) is 6.93. The molecular formula is C22H25NO5. The predicted molar refractivity (Wildman–Crippen MR) is 106 cm³/mol. The van der Waals surface area contributed by atoms with E-state index in [1.165, 1.54) is 7.11 Å². The SMILES string of the molecule is COc1ccccc1C(=O)NCC(=O)OCC(=O)c1cc(C)c(C)c(C)c1C. The Morgan fingerprint density at radius 3 is 2.29 bits per heavy atom. The highest BCUT2D eigenvalue weighted by Crippen LogP contribution is 2.21. The molecule has 0 atom stereocenters. The largest absolute Gasteiger partial charge is 0.496 e. The molecule has 1 amide bonds. The van der Waals surface area contributed by atoms with Crippen LogP contribution in [-0.2, 0) is 9.53 Å². The first-order valence-corrected chi connectivity index (χ1v) is 8.93. The van der Waals surface area contributed by atoms with E-state index in [1.54, 1.807) is 24.3 Å². The lowest BCUT2D eigenvalue weighted by Crippen LogP contribution is -2.31. The van der Waals surface area contributed by atoms with Gasteiger partial charge in [0.25, 0.3) is 5.91 Å². The summed E-state index contributed by atoms with van der Waals surface area (Å²) < 4.78 is 10.1. The minimum absolute atomic E-state index is 0.270. The summed E-state index contributed by atoms with van der Waals surface area (Å²) in [7, 11) is 1.46. The van der Waals surface area contributed by atoms with Crippen molar-refractivity contribution >= 4 is 17.7 Å². The Balaban J connectivity index is 1.92. The summed E-state index contributed by atoms with van der Waals surface area (Å²) in [6, 6.07) is 8.50. The third kappa shape index (κ3) is 4.76. The van der Waals surface area contributed by atoms with Gasteiger partial charge in [0.15, 0.2) is 6.61 Å². The number of esters is 1. The Labute approximate surface area is 164 Å².